The highest BCUT2D eigenvalue weighted by Gasteiger charge is 2.36. The van der Waals surface area contributed by atoms with Crippen molar-refractivity contribution < 1.29 is 0 Å². The van der Waals surface area contributed by atoms with E-state index in [9.17, 15) is 0 Å². The van der Waals surface area contributed by atoms with E-state index in [2.05, 4.69) is 170 Å². The summed E-state index contributed by atoms with van der Waals surface area (Å²) in [4.78, 5) is 9.50. The van der Waals surface area contributed by atoms with E-state index >= 15 is 0 Å². The molecule has 3 heteroatoms. The maximum absolute atomic E-state index is 4.75. The molecular formula is C52H39N3. The molecule has 0 aliphatic heterocycles. The molecule has 2 aromatic heterocycles. The first-order valence-electron chi connectivity index (χ1n) is 19.4. The van der Waals surface area contributed by atoms with Crippen LogP contribution in [0.4, 0.5) is 0 Å². The van der Waals surface area contributed by atoms with Gasteiger partial charge in [0, 0.05) is 45.7 Å². The molecule has 262 valence electrons. The average molecular weight is 706 g/mol. The summed E-state index contributed by atoms with van der Waals surface area (Å²) in [5.41, 5.74) is 19.0. The molecule has 9 aromatic rings. The van der Waals surface area contributed by atoms with Gasteiger partial charge in [-0.15, -0.1) is 0 Å². The minimum Gasteiger partial charge on any atom is -0.309 e. The van der Waals surface area contributed by atoms with E-state index in [1.807, 2.05) is 18.5 Å². The van der Waals surface area contributed by atoms with Crippen molar-refractivity contribution in [1.82, 2.24) is 14.5 Å². The SMILES string of the molecule is CC1(C)c2ccccc2-c2cc3c4ccccc4n(-c4cc(-c5ccc6c(c5)-c5ccccc5C(c5ccccc5)CC6)cc(-c5ncccn5)c4)c3cc21. The molecule has 2 aliphatic rings. The Morgan fingerprint density at radius 3 is 2.15 bits per heavy atom. The number of aryl methyl sites for hydroxylation is 1. The fraction of sp³-hybridized carbons (Fsp3) is 0.115. The van der Waals surface area contributed by atoms with Crippen LogP contribution in [0.15, 0.2) is 170 Å². The highest BCUT2D eigenvalue weighted by Crippen LogP contribution is 2.51. The van der Waals surface area contributed by atoms with Crippen LogP contribution in [0.2, 0.25) is 0 Å². The summed E-state index contributed by atoms with van der Waals surface area (Å²) in [6, 6.07) is 58.6. The molecule has 3 nitrogen and oxygen atoms in total. The largest absolute Gasteiger partial charge is 0.309 e. The van der Waals surface area contributed by atoms with Crippen molar-refractivity contribution in [3.05, 3.63) is 198 Å². The standard InChI is InChI=1S/C52H39N3/c1-52(2)47-19-10-8-17-42(47)45-31-46-43-18-9-11-20-49(43)55(50(46)32-48(45)52)38-28-36(27-37(29-38)51-53-25-12-26-54-51)35-22-21-34-23-24-39(33-13-4-3-5-14-33)40-15-6-7-16-41(40)44(34)30-35/h3-22,25-32,39H,23-24H2,1-2H3. The predicted molar refractivity (Wildman–Crippen MR) is 227 cm³/mol. The van der Waals surface area contributed by atoms with E-state index in [-0.39, 0.29) is 5.41 Å². The van der Waals surface area contributed by atoms with Gasteiger partial charge in [-0.3, -0.25) is 0 Å². The fourth-order valence-corrected chi connectivity index (χ4v) is 9.68. The van der Waals surface area contributed by atoms with Gasteiger partial charge < -0.3 is 4.57 Å². The first kappa shape index (κ1) is 31.9. The summed E-state index contributed by atoms with van der Waals surface area (Å²) < 4.78 is 2.46. The Kier molecular flexibility index (Phi) is 7.09. The molecule has 7 aromatic carbocycles. The van der Waals surface area contributed by atoms with Crippen molar-refractivity contribution in [3.8, 4) is 50.5 Å². The first-order chi connectivity index (χ1) is 27.0. The summed E-state index contributed by atoms with van der Waals surface area (Å²) in [5.74, 6) is 1.07. The van der Waals surface area contributed by atoms with Gasteiger partial charge in [0.1, 0.15) is 0 Å². The summed E-state index contributed by atoms with van der Waals surface area (Å²) in [6.07, 6.45) is 5.78. The zero-order valence-electron chi connectivity index (χ0n) is 31.0. The van der Waals surface area contributed by atoms with Crippen molar-refractivity contribution >= 4 is 21.8 Å². The Hall–Kier alpha value is -6.58. The average Bonchev–Trinajstić information content (AvgIpc) is 3.61. The maximum Gasteiger partial charge on any atom is 0.159 e. The molecule has 0 saturated heterocycles. The zero-order chi connectivity index (χ0) is 36.7. The lowest BCUT2D eigenvalue weighted by Crippen LogP contribution is -2.15. The van der Waals surface area contributed by atoms with Gasteiger partial charge in [-0.05, 0) is 123 Å². The van der Waals surface area contributed by atoms with Crippen LogP contribution in [0.3, 0.4) is 0 Å². The Morgan fingerprint density at radius 1 is 0.527 bits per heavy atom. The highest BCUT2D eigenvalue weighted by atomic mass is 15.0. The normalized spacial score (nSPS) is 15.3. The number of rotatable bonds is 4. The third kappa shape index (κ3) is 4.96. The molecule has 2 heterocycles. The van der Waals surface area contributed by atoms with Crippen LogP contribution in [0.5, 0.6) is 0 Å². The Morgan fingerprint density at radius 2 is 1.27 bits per heavy atom. The Bertz CT molecular complexity index is 2950. The fourth-order valence-electron chi connectivity index (χ4n) is 9.68. The van der Waals surface area contributed by atoms with Gasteiger partial charge in [0.15, 0.2) is 5.82 Å². The number of hydrogen-bond acceptors (Lipinski definition) is 2. The van der Waals surface area contributed by atoms with Crippen LogP contribution < -0.4 is 0 Å². The molecule has 0 fully saturated rings. The minimum atomic E-state index is -0.107. The van der Waals surface area contributed by atoms with E-state index in [1.165, 1.54) is 77.4 Å². The molecule has 55 heavy (non-hydrogen) atoms. The quantitative estimate of drug-likeness (QED) is 0.182. The van der Waals surface area contributed by atoms with E-state index in [0.717, 1.165) is 35.5 Å². The van der Waals surface area contributed by atoms with Crippen LogP contribution >= 0.6 is 0 Å². The maximum atomic E-state index is 4.75. The Balaban J connectivity index is 1.13. The Labute approximate surface area is 321 Å². The van der Waals surface area contributed by atoms with Gasteiger partial charge in [-0.2, -0.15) is 0 Å². The van der Waals surface area contributed by atoms with Crippen LogP contribution in [0, 0.1) is 0 Å². The van der Waals surface area contributed by atoms with Crippen molar-refractivity contribution in [1.29, 1.82) is 0 Å². The molecule has 0 amide bonds. The van der Waals surface area contributed by atoms with Gasteiger partial charge in [0.05, 0.1) is 11.0 Å². The lowest BCUT2D eigenvalue weighted by Gasteiger charge is -2.22. The van der Waals surface area contributed by atoms with Gasteiger partial charge in [0.25, 0.3) is 0 Å². The molecule has 11 rings (SSSR count). The monoisotopic (exact) mass is 705 g/mol. The van der Waals surface area contributed by atoms with Gasteiger partial charge >= 0.3 is 0 Å². The summed E-state index contributed by atoms with van der Waals surface area (Å²) in [6.45, 7) is 4.72. The van der Waals surface area contributed by atoms with E-state index in [0.29, 0.717) is 5.92 Å². The van der Waals surface area contributed by atoms with Crippen molar-refractivity contribution in [2.24, 2.45) is 0 Å². The smallest absolute Gasteiger partial charge is 0.159 e. The van der Waals surface area contributed by atoms with Crippen LogP contribution in [-0.2, 0) is 11.8 Å². The number of nitrogens with zero attached hydrogens (tertiary/aromatic N) is 3. The van der Waals surface area contributed by atoms with Crippen LogP contribution in [-0.4, -0.2) is 14.5 Å². The molecular weight excluding hydrogens is 667 g/mol. The number of benzene rings is 7. The molecule has 0 saturated carbocycles. The second-order valence-electron chi connectivity index (χ2n) is 15.7. The summed E-state index contributed by atoms with van der Waals surface area (Å²) in [5, 5.41) is 2.51. The highest BCUT2D eigenvalue weighted by molar-refractivity contribution is 6.11. The molecule has 0 radical (unpaired) electrons. The number of para-hydroxylation sites is 1. The van der Waals surface area contributed by atoms with Crippen molar-refractivity contribution in [2.45, 2.75) is 38.0 Å². The number of aromatic nitrogens is 3. The first-order valence-corrected chi connectivity index (χ1v) is 19.4. The topological polar surface area (TPSA) is 30.7 Å². The number of hydrogen-bond donors (Lipinski definition) is 0. The lowest BCUT2D eigenvalue weighted by molar-refractivity contribution is 0.661. The van der Waals surface area contributed by atoms with E-state index in [4.69, 9.17) is 9.97 Å². The predicted octanol–water partition coefficient (Wildman–Crippen LogP) is 13.0. The van der Waals surface area contributed by atoms with Crippen LogP contribution in [0.1, 0.15) is 54.0 Å². The second kappa shape index (κ2) is 12.2. The number of fused-ring (bicyclic) bond motifs is 9. The van der Waals surface area contributed by atoms with Gasteiger partial charge in [-0.25, -0.2) is 9.97 Å². The third-order valence-electron chi connectivity index (χ3n) is 12.3. The molecule has 0 spiro atoms. The second-order valence-corrected chi connectivity index (χ2v) is 15.7. The van der Waals surface area contributed by atoms with E-state index in [1.54, 1.807) is 0 Å². The molecule has 0 bridgehead atoms. The van der Waals surface area contributed by atoms with Gasteiger partial charge in [0.2, 0.25) is 0 Å². The van der Waals surface area contributed by atoms with Crippen molar-refractivity contribution in [3.63, 3.8) is 0 Å². The molecule has 0 N–H and O–H groups in total. The lowest BCUT2D eigenvalue weighted by atomic mass is 9.82. The summed E-state index contributed by atoms with van der Waals surface area (Å²) in [7, 11) is 0. The van der Waals surface area contributed by atoms with Crippen LogP contribution in [0.25, 0.3) is 72.3 Å². The zero-order valence-corrected chi connectivity index (χ0v) is 31.0. The van der Waals surface area contributed by atoms with Crippen molar-refractivity contribution in [2.75, 3.05) is 0 Å². The van der Waals surface area contributed by atoms with E-state index < -0.39 is 0 Å². The molecule has 2 aliphatic carbocycles. The van der Waals surface area contributed by atoms with Gasteiger partial charge in [-0.1, -0.05) is 123 Å². The minimum absolute atomic E-state index is 0.107. The summed E-state index contributed by atoms with van der Waals surface area (Å²) >= 11 is 0. The molecule has 1 unspecified atom stereocenters. The molecule has 1 atom stereocenters. The third-order valence-corrected chi connectivity index (χ3v) is 12.3.